The number of piperazine rings is 1. The van der Waals surface area contributed by atoms with Crippen LogP contribution in [-0.2, 0) is 4.79 Å². The van der Waals surface area contributed by atoms with Crippen LogP contribution in [0.2, 0.25) is 0 Å². The van der Waals surface area contributed by atoms with Crippen molar-refractivity contribution in [2.45, 2.75) is 12.8 Å². The van der Waals surface area contributed by atoms with Gasteiger partial charge in [-0.2, -0.15) is 0 Å². The Kier molecular flexibility index (Phi) is 6.68. The third kappa shape index (κ3) is 5.74. The number of hydrogen-bond donors (Lipinski definition) is 1. The fourth-order valence-electron chi connectivity index (χ4n) is 2.97. The Morgan fingerprint density at radius 1 is 0.852 bits per heavy atom. The molecular weight excluding hydrogens is 342 g/mol. The van der Waals surface area contributed by atoms with Gasteiger partial charge >= 0.3 is 6.03 Å². The lowest BCUT2D eigenvalue weighted by Crippen LogP contribution is -2.51. The van der Waals surface area contributed by atoms with Crippen LogP contribution >= 0.6 is 0 Å². The Balaban J connectivity index is 1.34. The Labute approximate surface area is 159 Å². The summed E-state index contributed by atoms with van der Waals surface area (Å²) in [6.07, 6.45) is 1.14. The quantitative estimate of drug-likeness (QED) is 0.798. The number of nitrogens with zero attached hydrogens (tertiary/aromatic N) is 2. The summed E-state index contributed by atoms with van der Waals surface area (Å²) >= 11 is 0. The maximum Gasteiger partial charge on any atom is 0.321 e. The fourth-order valence-corrected chi connectivity index (χ4v) is 2.97. The number of benzene rings is 2. The number of para-hydroxylation sites is 2. The summed E-state index contributed by atoms with van der Waals surface area (Å²) < 4.78 is 5.62. The summed E-state index contributed by atoms with van der Waals surface area (Å²) in [4.78, 5) is 28.2. The number of carbonyl (C=O) groups is 2. The minimum Gasteiger partial charge on any atom is -0.494 e. The molecular formula is C21H25N3O3. The van der Waals surface area contributed by atoms with Gasteiger partial charge in [0.1, 0.15) is 5.75 Å². The van der Waals surface area contributed by atoms with E-state index in [1.807, 2.05) is 65.6 Å². The molecule has 6 nitrogen and oxygen atoms in total. The lowest BCUT2D eigenvalue weighted by atomic mass is 10.2. The molecule has 0 spiro atoms. The van der Waals surface area contributed by atoms with Gasteiger partial charge in [0.25, 0.3) is 0 Å². The highest BCUT2D eigenvalue weighted by atomic mass is 16.5. The van der Waals surface area contributed by atoms with E-state index in [2.05, 4.69) is 5.32 Å². The number of amides is 3. The van der Waals surface area contributed by atoms with Crippen molar-refractivity contribution >= 4 is 17.6 Å². The second-order valence-electron chi connectivity index (χ2n) is 6.43. The summed E-state index contributed by atoms with van der Waals surface area (Å²) in [5, 5.41) is 2.88. The van der Waals surface area contributed by atoms with Crippen molar-refractivity contribution < 1.29 is 14.3 Å². The zero-order valence-corrected chi connectivity index (χ0v) is 15.3. The summed E-state index contributed by atoms with van der Waals surface area (Å²) in [5.74, 6) is 0.942. The molecule has 1 saturated heterocycles. The maximum absolute atomic E-state index is 12.3. The zero-order chi connectivity index (χ0) is 18.9. The van der Waals surface area contributed by atoms with E-state index in [1.54, 1.807) is 4.90 Å². The minimum atomic E-state index is -0.121. The molecule has 27 heavy (non-hydrogen) atoms. The van der Waals surface area contributed by atoms with Crippen molar-refractivity contribution in [3.63, 3.8) is 0 Å². The van der Waals surface area contributed by atoms with Gasteiger partial charge in [0, 0.05) is 38.3 Å². The molecule has 2 aromatic carbocycles. The van der Waals surface area contributed by atoms with Crippen LogP contribution < -0.4 is 10.1 Å². The van der Waals surface area contributed by atoms with E-state index in [1.165, 1.54) is 0 Å². The summed E-state index contributed by atoms with van der Waals surface area (Å²) in [6, 6.07) is 18.9. The standard InChI is InChI=1S/C21H25N3O3/c25-20(12-7-17-27-19-10-5-2-6-11-19)23-13-15-24(16-14-23)21(26)22-18-8-3-1-4-9-18/h1-6,8-11H,7,12-17H2,(H,22,26). The van der Waals surface area contributed by atoms with Gasteiger partial charge in [-0.1, -0.05) is 36.4 Å². The number of ether oxygens (including phenoxy) is 1. The first-order chi connectivity index (χ1) is 13.2. The molecule has 1 aliphatic heterocycles. The molecule has 0 aliphatic carbocycles. The van der Waals surface area contributed by atoms with Crippen LogP contribution in [0.3, 0.4) is 0 Å². The predicted octanol–water partition coefficient (Wildman–Crippen LogP) is 3.22. The molecule has 3 rings (SSSR count). The van der Waals surface area contributed by atoms with Gasteiger partial charge in [-0.05, 0) is 30.7 Å². The Morgan fingerprint density at radius 3 is 2.11 bits per heavy atom. The van der Waals surface area contributed by atoms with Crippen molar-refractivity contribution in [3.8, 4) is 5.75 Å². The molecule has 6 heteroatoms. The van der Waals surface area contributed by atoms with Gasteiger partial charge in [0.15, 0.2) is 0 Å². The highest BCUT2D eigenvalue weighted by molar-refractivity contribution is 5.89. The van der Waals surface area contributed by atoms with Crippen molar-refractivity contribution in [2.24, 2.45) is 0 Å². The lowest BCUT2D eigenvalue weighted by molar-refractivity contribution is -0.132. The SMILES string of the molecule is O=C(CCCOc1ccccc1)N1CCN(C(=O)Nc2ccccc2)CC1. The normalized spacial score (nSPS) is 13.9. The van der Waals surface area contributed by atoms with E-state index in [0.717, 1.165) is 11.4 Å². The van der Waals surface area contributed by atoms with Gasteiger partial charge in [0.2, 0.25) is 5.91 Å². The van der Waals surface area contributed by atoms with Crippen molar-refractivity contribution in [1.29, 1.82) is 0 Å². The Bertz CT molecular complexity index is 729. The average molecular weight is 367 g/mol. The molecule has 1 aliphatic rings. The Morgan fingerprint density at radius 2 is 1.44 bits per heavy atom. The summed E-state index contributed by atoms with van der Waals surface area (Å²) in [5.41, 5.74) is 0.777. The van der Waals surface area contributed by atoms with Crippen LogP contribution in [0.4, 0.5) is 10.5 Å². The summed E-state index contributed by atoms with van der Waals surface area (Å²) in [7, 11) is 0. The first kappa shape index (κ1) is 18.8. The van der Waals surface area contributed by atoms with Crippen molar-refractivity contribution in [1.82, 2.24) is 9.80 Å². The van der Waals surface area contributed by atoms with E-state index < -0.39 is 0 Å². The summed E-state index contributed by atoms with van der Waals surface area (Å²) in [6.45, 7) is 2.76. The number of urea groups is 1. The molecule has 0 radical (unpaired) electrons. The van der Waals surface area contributed by atoms with Crippen molar-refractivity contribution in [3.05, 3.63) is 60.7 Å². The van der Waals surface area contributed by atoms with Gasteiger partial charge < -0.3 is 19.9 Å². The predicted molar refractivity (Wildman–Crippen MR) is 105 cm³/mol. The van der Waals surface area contributed by atoms with E-state index in [-0.39, 0.29) is 11.9 Å². The highest BCUT2D eigenvalue weighted by Crippen LogP contribution is 2.11. The largest absolute Gasteiger partial charge is 0.494 e. The Hall–Kier alpha value is -3.02. The third-order valence-electron chi connectivity index (χ3n) is 4.49. The molecule has 1 heterocycles. The molecule has 142 valence electrons. The highest BCUT2D eigenvalue weighted by Gasteiger charge is 2.23. The topological polar surface area (TPSA) is 61.9 Å². The second-order valence-corrected chi connectivity index (χ2v) is 6.43. The fraction of sp³-hybridized carbons (Fsp3) is 0.333. The zero-order valence-electron chi connectivity index (χ0n) is 15.3. The molecule has 0 bridgehead atoms. The molecule has 0 unspecified atom stereocenters. The lowest BCUT2D eigenvalue weighted by Gasteiger charge is -2.34. The van der Waals surface area contributed by atoms with E-state index in [4.69, 9.17) is 4.74 Å². The number of nitrogens with one attached hydrogen (secondary N) is 1. The van der Waals surface area contributed by atoms with Crippen LogP contribution in [-0.4, -0.2) is 54.5 Å². The van der Waals surface area contributed by atoms with Crippen LogP contribution in [0.25, 0.3) is 0 Å². The maximum atomic E-state index is 12.3. The van der Waals surface area contributed by atoms with Crippen LogP contribution in [0, 0.1) is 0 Å². The van der Waals surface area contributed by atoms with Gasteiger partial charge in [-0.3, -0.25) is 4.79 Å². The van der Waals surface area contributed by atoms with Gasteiger partial charge in [-0.25, -0.2) is 4.79 Å². The molecule has 0 aromatic heterocycles. The monoisotopic (exact) mass is 367 g/mol. The number of rotatable bonds is 6. The van der Waals surface area contributed by atoms with Crippen LogP contribution in [0.1, 0.15) is 12.8 Å². The minimum absolute atomic E-state index is 0.120. The third-order valence-corrected chi connectivity index (χ3v) is 4.49. The molecule has 0 saturated carbocycles. The smallest absolute Gasteiger partial charge is 0.321 e. The second kappa shape index (κ2) is 9.62. The van der Waals surface area contributed by atoms with Crippen LogP contribution in [0.15, 0.2) is 60.7 Å². The molecule has 2 aromatic rings. The van der Waals surface area contributed by atoms with Gasteiger partial charge in [-0.15, -0.1) is 0 Å². The molecule has 3 amide bonds. The van der Waals surface area contributed by atoms with E-state index in [0.29, 0.717) is 45.6 Å². The molecule has 0 atom stereocenters. The average Bonchev–Trinajstić information content (AvgIpc) is 2.72. The molecule has 1 fully saturated rings. The van der Waals surface area contributed by atoms with Crippen molar-refractivity contribution in [2.75, 3.05) is 38.1 Å². The number of carbonyl (C=O) groups excluding carboxylic acids is 2. The number of anilines is 1. The van der Waals surface area contributed by atoms with E-state index >= 15 is 0 Å². The van der Waals surface area contributed by atoms with Crippen LogP contribution in [0.5, 0.6) is 5.75 Å². The van der Waals surface area contributed by atoms with E-state index in [9.17, 15) is 9.59 Å². The first-order valence-corrected chi connectivity index (χ1v) is 9.29. The molecule has 1 N–H and O–H groups in total. The first-order valence-electron chi connectivity index (χ1n) is 9.29. The number of hydrogen-bond acceptors (Lipinski definition) is 3. The van der Waals surface area contributed by atoms with Gasteiger partial charge in [0.05, 0.1) is 6.61 Å².